The van der Waals surface area contributed by atoms with E-state index in [2.05, 4.69) is 10.2 Å². The molecule has 1 N–H and O–H groups in total. The Morgan fingerprint density at radius 2 is 2.05 bits per heavy atom. The van der Waals surface area contributed by atoms with Gasteiger partial charge in [-0.2, -0.15) is 0 Å². The van der Waals surface area contributed by atoms with Gasteiger partial charge in [0.2, 0.25) is 5.91 Å². The van der Waals surface area contributed by atoms with Crippen molar-refractivity contribution < 1.29 is 9.53 Å². The predicted octanol–water partition coefficient (Wildman–Crippen LogP) is 1.72. The molecule has 1 aliphatic heterocycles. The molecule has 1 aliphatic rings. The van der Waals surface area contributed by atoms with E-state index >= 15 is 0 Å². The van der Waals surface area contributed by atoms with Gasteiger partial charge < -0.3 is 10.1 Å². The van der Waals surface area contributed by atoms with Crippen molar-refractivity contribution in [2.45, 2.75) is 12.8 Å². The number of halogens is 1. The van der Waals surface area contributed by atoms with Gasteiger partial charge in [-0.15, -0.1) is 0 Å². The second-order valence-electron chi connectivity index (χ2n) is 4.93. The molecule has 1 amide bonds. The summed E-state index contributed by atoms with van der Waals surface area (Å²) in [4.78, 5) is 14.2. The minimum Gasteiger partial charge on any atom is -0.379 e. The number of ether oxygens (including phenoxy) is 1. The largest absolute Gasteiger partial charge is 0.379 e. The molecular formula is C15H21ClN2O2. The molecule has 2 rings (SSSR count). The molecule has 1 heterocycles. The third-order valence-electron chi connectivity index (χ3n) is 3.39. The number of benzene rings is 1. The van der Waals surface area contributed by atoms with Gasteiger partial charge in [0.15, 0.2) is 0 Å². The highest BCUT2D eigenvalue weighted by atomic mass is 35.5. The van der Waals surface area contributed by atoms with Crippen LogP contribution in [0.1, 0.15) is 12.0 Å². The molecule has 110 valence electrons. The Morgan fingerprint density at radius 1 is 1.30 bits per heavy atom. The molecule has 0 saturated carbocycles. The van der Waals surface area contributed by atoms with Crippen molar-refractivity contribution >= 4 is 17.5 Å². The number of amides is 1. The molecule has 20 heavy (non-hydrogen) atoms. The molecule has 0 radical (unpaired) electrons. The van der Waals surface area contributed by atoms with E-state index < -0.39 is 0 Å². The molecule has 1 saturated heterocycles. The van der Waals surface area contributed by atoms with E-state index in [0.29, 0.717) is 18.0 Å². The van der Waals surface area contributed by atoms with Crippen molar-refractivity contribution in [1.29, 1.82) is 0 Å². The van der Waals surface area contributed by atoms with Gasteiger partial charge in [-0.3, -0.25) is 9.69 Å². The number of hydrogen-bond donors (Lipinski definition) is 1. The van der Waals surface area contributed by atoms with E-state index in [1.54, 1.807) is 0 Å². The Kier molecular flexibility index (Phi) is 6.30. The van der Waals surface area contributed by atoms with Gasteiger partial charge in [-0.25, -0.2) is 0 Å². The first kappa shape index (κ1) is 15.3. The maximum absolute atomic E-state index is 11.8. The van der Waals surface area contributed by atoms with Crippen LogP contribution in [-0.4, -0.2) is 50.2 Å². The average molecular weight is 297 g/mol. The van der Waals surface area contributed by atoms with E-state index in [1.807, 2.05) is 24.3 Å². The van der Waals surface area contributed by atoms with Crippen molar-refractivity contribution in [1.82, 2.24) is 10.2 Å². The lowest BCUT2D eigenvalue weighted by atomic mass is 10.1. The number of carbonyl (C=O) groups excluding carboxylic acids is 1. The molecule has 0 spiro atoms. The van der Waals surface area contributed by atoms with Gasteiger partial charge >= 0.3 is 0 Å². The number of nitrogens with one attached hydrogen (secondary N) is 1. The molecule has 0 bridgehead atoms. The first-order valence-corrected chi connectivity index (χ1v) is 7.44. The van der Waals surface area contributed by atoms with Crippen molar-refractivity contribution in [2.75, 3.05) is 39.4 Å². The second-order valence-corrected chi connectivity index (χ2v) is 5.33. The Morgan fingerprint density at radius 3 is 2.80 bits per heavy atom. The molecule has 0 aromatic heterocycles. The Bertz CT molecular complexity index is 434. The third kappa shape index (κ3) is 5.12. The number of carbonyl (C=O) groups is 1. The summed E-state index contributed by atoms with van der Waals surface area (Å²) in [6.45, 7) is 5.34. The van der Waals surface area contributed by atoms with Gasteiger partial charge in [0.1, 0.15) is 0 Å². The highest BCUT2D eigenvalue weighted by Gasteiger charge is 2.10. The SMILES string of the molecule is O=C(Cc1ccccc1Cl)NCCCN1CCOCC1. The van der Waals surface area contributed by atoms with E-state index in [1.165, 1.54) is 0 Å². The van der Waals surface area contributed by atoms with Crippen LogP contribution in [0.25, 0.3) is 0 Å². The Hall–Kier alpha value is -1.10. The van der Waals surface area contributed by atoms with Gasteiger partial charge in [-0.1, -0.05) is 29.8 Å². The van der Waals surface area contributed by atoms with Gasteiger partial charge in [0, 0.05) is 24.7 Å². The van der Waals surface area contributed by atoms with Gasteiger partial charge in [-0.05, 0) is 24.6 Å². The smallest absolute Gasteiger partial charge is 0.224 e. The summed E-state index contributed by atoms with van der Waals surface area (Å²) in [5.41, 5.74) is 0.875. The highest BCUT2D eigenvalue weighted by molar-refractivity contribution is 6.31. The lowest BCUT2D eigenvalue weighted by Crippen LogP contribution is -2.38. The summed E-state index contributed by atoms with van der Waals surface area (Å²) in [7, 11) is 0. The average Bonchev–Trinajstić information content (AvgIpc) is 2.47. The lowest BCUT2D eigenvalue weighted by molar-refractivity contribution is -0.120. The van der Waals surface area contributed by atoms with Gasteiger partial charge in [0.05, 0.1) is 19.6 Å². The van der Waals surface area contributed by atoms with E-state index in [-0.39, 0.29) is 5.91 Å². The fourth-order valence-electron chi connectivity index (χ4n) is 2.23. The van der Waals surface area contributed by atoms with Crippen LogP contribution in [0.15, 0.2) is 24.3 Å². The van der Waals surface area contributed by atoms with Crippen LogP contribution in [0.5, 0.6) is 0 Å². The normalized spacial score (nSPS) is 16.1. The summed E-state index contributed by atoms with van der Waals surface area (Å²) >= 11 is 6.03. The van der Waals surface area contributed by atoms with Crippen LogP contribution in [0.2, 0.25) is 5.02 Å². The third-order valence-corrected chi connectivity index (χ3v) is 3.75. The van der Waals surface area contributed by atoms with Crippen molar-refractivity contribution in [3.05, 3.63) is 34.9 Å². The van der Waals surface area contributed by atoms with Crippen LogP contribution in [0.3, 0.4) is 0 Å². The summed E-state index contributed by atoms with van der Waals surface area (Å²) in [6.07, 6.45) is 1.31. The quantitative estimate of drug-likeness (QED) is 0.813. The molecule has 0 atom stereocenters. The van der Waals surface area contributed by atoms with Crippen LogP contribution in [0, 0.1) is 0 Å². The fourth-order valence-corrected chi connectivity index (χ4v) is 2.44. The number of rotatable bonds is 6. The standard InChI is InChI=1S/C15H21ClN2O2/c16-14-5-2-1-4-13(14)12-15(19)17-6-3-7-18-8-10-20-11-9-18/h1-2,4-5H,3,6-12H2,(H,17,19). The molecular weight excluding hydrogens is 276 g/mol. The fraction of sp³-hybridized carbons (Fsp3) is 0.533. The number of nitrogens with zero attached hydrogens (tertiary/aromatic N) is 1. The van der Waals surface area contributed by atoms with Crippen molar-refractivity contribution in [3.63, 3.8) is 0 Å². The molecule has 1 aromatic carbocycles. The molecule has 4 nitrogen and oxygen atoms in total. The van der Waals surface area contributed by atoms with Crippen LogP contribution >= 0.6 is 11.6 Å². The predicted molar refractivity (Wildman–Crippen MR) is 80.0 cm³/mol. The molecule has 0 aliphatic carbocycles. The van der Waals surface area contributed by atoms with E-state index in [4.69, 9.17) is 16.3 Å². The van der Waals surface area contributed by atoms with E-state index in [0.717, 1.165) is 44.8 Å². The molecule has 1 fully saturated rings. The van der Waals surface area contributed by atoms with Crippen LogP contribution in [0.4, 0.5) is 0 Å². The van der Waals surface area contributed by atoms with Crippen molar-refractivity contribution in [2.24, 2.45) is 0 Å². The monoisotopic (exact) mass is 296 g/mol. The van der Waals surface area contributed by atoms with E-state index in [9.17, 15) is 4.79 Å². The van der Waals surface area contributed by atoms with Crippen LogP contribution < -0.4 is 5.32 Å². The Labute approximate surface area is 125 Å². The van der Waals surface area contributed by atoms with Crippen molar-refractivity contribution in [3.8, 4) is 0 Å². The summed E-state index contributed by atoms with van der Waals surface area (Å²) in [5.74, 6) is 0.0278. The van der Waals surface area contributed by atoms with Crippen LogP contribution in [-0.2, 0) is 16.0 Å². The second kappa shape index (κ2) is 8.25. The zero-order valence-corrected chi connectivity index (χ0v) is 12.4. The first-order chi connectivity index (χ1) is 9.75. The summed E-state index contributed by atoms with van der Waals surface area (Å²) in [5, 5.41) is 3.59. The Balaban J connectivity index is 1.61. The maximum atomic E-state index is 11.8. The summed E-state index contributed by atoms with van der Waals surface area (Å²) in [6, 6.07) is 7.46. The highest BCUT2D eigenvalue weighted by Crippen LogP contribution is 2.15. The minimum atomic E-state index is 0.0278. The maximum Gasteiger partial charge on any atom is 0.224 e. The zero-order valence-electron chi connectivity index (χ0n) is 11.6. The first-order valence-electron chi connectivity index (χ1n) is 7.06. The molecule has 5 heteroatoms. The topological polar surface area (TPSA) is 41.6 Å². The zero-order chi connectivity index (χ0) is 14.2. The number of hydrogen-bond acceptors (Lipinski definition) is 3. The number of morpholine rings is 1. The summed E-state index contributed by atoms with van der Waals surface area (Å²) < 4.78 is 5.30. The lowest BCUT2D eigenvalue weighted by Gasteiger charge is -2.26. The van der Waals surface area contributed by atoms with Gasteiger partial charge in [0.25, 0.3) is 0 Å². The minimum absolute atomic E-state index is 0.0278. The molecule has 1 aromatic rings. The molecule has 0 unspecified atom stereocenters.